The number of rotatable bonds is 7. The second-order valence-electron chi connectivity index (χ2n) is 4.33. The number of carbonyl (C=O) groups excluding carboxylic acids is 1. The number of ether oxygens (including phenoxy) is 1. The Bertz CT molecular complexity index is 380. The van der Waals surface area contributed by atoms with E-state index in [0.29, 0.717) is 24.4 Å². The maximum Gasteiger partial charge on any atom is 0.223 e. The first-order valence-corrected chi connectivity index (χ1v) is 7.09. The lowest BCUT2D eigenvalue weighted by Gasteiger charge is -2.08. The highest BCUT2D eigenvalue weighted by atomic mass is 79.9. The Morgan fingerprint density at radius 2 is 2.28 bits per heavy atom. The van der Waals surface area contributed by atoms with Crippen LogP contribution in [-0.4, -0.2) is 23.9 Å². The maximum atomic E-state index is 11.5. The summed E-state index contributed by atoms with van der Waals surface area (Å²) in [6.07, 6.45) is 1.33. The molecule has 100 valence electrons. The summed E-state index contributed by atoms with van der Waals surface area (Å²) in [5.41, 5.74) is 1.16. The Morgan fingerprint density at radius 1 is 1.50 bits per heavy atom. The molecule has 0 aliphatic carbocycles. The fourth-order valence-electron chi connectivity index (χ4n) is 1.47. The molecule has 0 aliphatic heterocycles. The average molecular weight is 314 g/mol. The third-order valence-corrected chi connectivity index (χ3v) is 2.91. The second-order valence-corrected chi connectivity index (χ2v) is 5.90. The van der Waals surface area contributed by atoms with Crippen molar-refractivity contribution >= 4 is 21.8 Å². The molecule has 1 aromatic rings. The highest BCUT2D eigenvalue weighted by Crippen LogP contribution is 2.12. The lowest BCUT2D eigenvalue weighted by molar-refractivity contribution is -0.121. The van der Waals surface area contributed by atoms with Gasteiger partial charge in [0, 0.05) is 11.4 Å². The zero-order valence-corrected chi connectivity index (χ0v) is 12.5. The molecule has 1 unspecified atom stereocenters. The van der Waals surface area contributed by atoms with Gasteiger partial charge in [-0.05, 0) is 31.0 Å². The molecular weight excluding hydrogens is 294 g/mol. The van der Waals surface area contributed by atoms with E-state index in [4.69, 9.17) is 4.74 Å². The molecule has 3 nitrogen and oxygen atoms in total. The third-order valence-electron chi connectivity index (χ3n) is 2.45. The highest BCUT2D eigenvalue weighted by Gasteiger charge is 2.02. The SMILES string of the molecule is Cc1cccc(OCCC(=O)NCCC(C)Br)c1. The van der Waals surface area contributed by atoms with E-state index in [2.05, 4.69) is 28.2 Å². The minimum absolute atomic E-state index is 0.0378. The van der Waals surface area contributed by atoms with Crippen molar-refractivity contribution in [1.82, 2.24) is 5.32 Å². The normalized spacial score (nSPS) is 11.9. The van der Waals surface area contributed by atoms with Gasteiger partial charge in [0.2, 0.25) is 5.91 Å². The van der Waals surface area contributed by atoms with Gasteiger partial charge in [-0.15, -0.1) is 0 Å². The average Bonchev–Trinajstić information content (AvgIpc) is 2.28. The Hall–Kier alpha value is -1.03. The first-order chi connectivity index (χ1) is 8.58. The van der Waals surface area contributed by atoms with Crippen molar-refractivity contribution in [2.24, 2.45) is 0 Å². The number of aryl methyl sites for hydroxylation is 1. The van der Waals surface area contributed by atoms with Crippen LogP contribution in [0.3, 0.4) is 0 Å². The van der Waals surface area contributed by atoms with Gasteiger partial charge >= 0.3 is 0 Å². The molecular formula is C14H20BrNO2. The van der Waals surface area contributed by atoms with E-state index in [1.807, 2.05) is 31.2 Å². The fraction of sp³-hybridized carbons (Fsp3) is 0.500. The number of nitrogens with one attached hydrogen (secondary N) is 1. The Kier molecular flexibility index (Phi) is 6.80. The second kappa shape index (κ2) is 8.14. The van der Waals surface area contributed by atoms with Gasteiger partial charge in [0.15, 0.2) is 0 Å². The summed E-state index contributed by atoms with van der Waals surface area (Å²) in [6, 6.07) is 7.82. The zero-order chi connectivity index (χ0) is 13.4. The molecule has 0 saturated heterocycles. The third kappa shape index (κ3) is 6.64. The van der Waals surface area contributed by atoms with Gasteiger partial charge in [-0.3, -0.25) is 4.79 Å². The van der Waals surface area contributed by atoms with Crippen molar-refractivity contribution in [2.45, 2.75) is 31.5 Å². The minimum Gasteiger partial charge on any atom is -0.493 e. The smallest absolute Gasteiger partial charge is 0.223 e. The molecule has 0 aromatic heterocycles. The predicted octanol–water partition coefficient (Wildman–Crippen LogP) is 3.05. The number of carbonyl (C=O) groups is 1. The molecule has 0 heterocycles. The molecule has 0 saturated carbocycles. The molecule has 0 aliphatic rings. The lowest BCUT2D eigenvalue weighted by Crippen LogP contribution is -2.26. The highest BCUT2D eigenvalue weighted by molar-refractivity contribution is 9.09. The molecule has 0 bridgehead atoms. The van der Waals surface area contributed by atoms with Crippen LogP contribution in [0.25, 0.3) is 0 Å². The monoisotopic (exact) mass is 313 g/mol. The predicted molar refractivity (Wildman–Crippen MR) is 77.3 cm³/mol. The molecule has 1 aromatic carbocycles. The largest absolute Gasteiger partial charge is 0.493 e. The molecule has 0 fully saturated rings. The Labute approximate surface area is 117 Å². The Balaban J connectivity index is 2.15. The van der Waals surface area contributed by atoms with Gasteiger partial charge in [-0.2, -0.15) is 0 Å². The lowest BCUT2D eigenvalue weighted by atomic mass is 10.2. The van der Waals surface area contributed by atoms with Crippen molar-refractivity contribution in [3.63, 3.8) is 0 Å². The molecule has 0 spiro atoms. The molecule has 4 heteroatoms. The fourth-order valence-corrected chi connectivity index (χ4v) is 1.69. The summed E-state index contributed by atoms with van der Waals surface area (Å²) >= 11 is 3.44. The molecule has 18 heavy (non-hydrogen) atoms. The van der Waals surface area contributed by atoms with Crippen molar-refractivity contribution in [3.05, 3.63) is 29.8 Å². The van der Waals surface area contributed by atoms with Crippen LogP contribution in [0.15, 0.2) is 24.3 Å². The van der Waals surface area contributed by atoms with Crippen molar-refractivity contribution < 1.29 is 9.53 Å². The molecule has 1 atom stereocenters. The number of hydrogen-bond acceptors (Lipinski definition) is 2. The van der Waals surface area contributed by atoms with Crippen LogP contribution in [0.2, 0.25) is 0 Å². The van der Waals surface area contributed by atoms with Gasteiger partial charge in [0.25, 0.3) is 0 Å². The van der Waals surface area contributed by atoms with Crippen LogP contribution >= 0.6 is 15.9 Å². The molecule has 1 N–H and O–H groups in total. The van der Waals surface area contributed by atoms with E-state index in [9.17, 15) is 4.79 Å². The quantitative estimate of drug-likeness (QED) is 0.786. The van der Waals surface area contributed by atoms with Crippen molar-refractivity contribution in [1.29, 1.82) is 0 Å². The van der Waals surface area contributed by atoms with Crippen LogP contribution in [0.4, 0.5) is 0 Å². The van der Waals surface area contributed by atoms with Gasteiger partial charge in [0.05, 0.1) is 13.0 Å². The molecule has 1 amide bonds. The summed E-state index contributed by atoms with van der Waals surface area (Å²) in [5.74, 6) is 0.854. The van der Waals surface area contributed by atoms with Gasteiger partial charge in [-0.25, -0.2) is 0 Å². The summed E-state index contributed by atoms with van der Waals surface area (Å²) in [6.45, 7) is 5.20. The van der Waals surface area contributed by atoms with E-state index in [1.165, 1.54) is 0 Å². The van der Waals surface area contributed by atoms with Gasteiger partial charge in [0.1, 0.15) is 5.75 Å². The van der Waals surface area contributed by atoms with Gasteiger partial charge < -0.3 is 10.1 Å². The van der Waals surface area contributed by atoms with Crippen LogP contribution in [0.1, 0.15) is 25.3 Å². The number of benzene rings is 1. The number of amides is 1. The summed E-state index contributed by atoms with van der Waals surface area (Å²) < 4.78 is 5.51. The van der Waals surface area contributed by atoms with Gasteiger partial charge in [-0.1, -0.05) is 35.0 Å². The molecule has 1 rings (SSSR count). The van der Waals surface area contributed by atoms with E-state index in [1.54, 1.807) is 0 Å². The number of halogens is 1. The number of hydrogen-bond donors (Lipinski definition) is 1. The van der Waals surface area contributed by atoms with Crippen LogP contribution < -0.4 is 10.1 Å². The van der Waals surface area contributed by atoms with E-state index >= 15 is 0 Å². The first kappa shape index (κ1) is 15.0. The molecule has 0 radical (unpaired) electrons. The summed E-state index contributed by atoms with van der Waals surface area (Å²) in [5, 5.41) is 2.86. The van der Waals surface area contributed by atoms with E-state index in [0.717, 1.165) is 17.7 Å². The zero-order valence-electron chi connectivity index (χ0n) is 10.9. The summed E-state index contributed by atoms with van der Waals surface area (Å²) in [4.78, 5) is 11.9. The maximum absolute atomic E-state index is 11.5. The van der Waals surface area contributed by atoms with Crippen LogP contribution in [0, 0.1) is 6.92 Å². The van der Waals surface area contributed by atoms with Crippen LogP contribution in [0.5, 0.6) is 5.75 Å². The Morgan fingerprint density at radius 3 is 2.94 bits per heavy atom. The minimum atomic E-state index is 0.0378. The van der Waals surface area contributed by atoms with E-state index < -0.39 is 0 Å². The van der Waals surface area contributed by atoms with Crippen molar-refractivity contribution in [2.75, 3.05) is 13.2 Å². The number of alkyl halides is 1. The standard InChI is InChI=1S/C14H20BrNO2/c1-11-4-3-5-13(10-11)18-9-7-14(17)16-8-6-12(2)15/h3-5,10,12H,6-9H2,1-2H3,(H,16,17). The first-order valence-electron chi connectivity index (χ1n) is 6.18. The van der Waals surface area contributed by atoms with Crippen molar-refractivity contribution in [3.8, 4) is 5.75 Å². The topological polar surface area (TPSA) is 38.3 Å². The van der Waals surface area contributed by atoms with E-state index in [-0.39, 0.29) is 5.91 Å². The summed E-state index contributed by atoms with van der Waals surface area (Å²) in [7, 11) is 0. The van der Waals surface area contributed by atoms with Crippen LogP contribution in [-0.2, 0) is 4.79 Å².